The van der Waals surface area contributed by atoms with Crippen LogP contribution in [0.5, 0.6) is 5.75 Å². The number of carboxylic acids is 1. The summed E-state index contributed by atoms with van der Waals surface area (Å²) in [5.41, 5.74) is 16.6. The van der Waals surface area contributed by atoms with Crippen molar-refractivity contribution in [2.45, 2.75) is 0 Å². The molecule has 0 saturated heterocycles. The van der Waals surface area contributed by atoms with Crippen molar-refractivity contribution >= 4 is 75.7 Å². The lowest BCUT2D eigenvalue weighted by Gasteiger charge is -2.44. The lowest BCUT2D eigenvalue weighted by Crippen LogP contribution is -2.65. The molecule has 2 aliphatic rings. The molecule has 8 nitrogen and oxygen atoms in total. The maximum absolute atomic E-state index is 11.9. The summed E-state index contributed by atoms with van der Waals surface area (Å²) in [6.07, 6.45) is 0. The minimum Gasteiger partial charge on any atom is -0.478 e. The number of carboxylic acid groups (broad SMARTS) is 1. The van der Waals surface area contributed by atoms with Crippen molar-refractivity contribution in [2.75, 3.05) is 4.90 Å². The Morgan fingerprint density at radius 1 is 0.435 bits per heavy atom. The van der Waals surface area contributed by atoms with Gasteiger partial charge in [-0.1, -0.05) is 193 Å². The van der Waals surface area contributed by atoms with Crippen LogP contribution in [0.25, 0.3) is 56.4 Å². The summed E-state index contributed by atoms with van der Waals surface area (Å²) in [6.45, 7) is 0.00688. The topological polar surface area (TPSA) is 106 Å². The Kier molecular flexibility index (Phi) is 10.3. The van der Waals surface area contributed by atoms with E-state index < -0.39 is 5.97 Å². The molecular formula is C59H38B2N4O4. The largest absolute Gasteiger partial charge is 0.478 e. The van der Waals surface area contributed by atoms with Crippen LogP contribution < -0.4 is 42.4 Å². The highest BCUT2D eigenvalue weighted by Crippen LogP contribution is 2.41. The van der Waals surface area contributed by atoms with Crippen molar-refractivity contribution in [3.8, 4) is 62.2 Å². The first-order valence-corrected chi connectivity index (χ1v) is 22.8. The number of benzene rings is 9. The number of anilines is 3. The second-order valence-electron chi connectivity index (χ2n) is 17.2. The molecule has 3 heterocycles. The zero-order valence-electron chi connectivity index (χ0n) is 37.0. The van der Waals surface area contributed by atoms with E-state index in [-0.39, 0.29) is 19.0 Å². The Labute approximate surface area is 399 Å². The Balaban J connectivity index is 1.16. The molecule has 0 radical (unpaired) electrons. The monoisotopic (exact) mass is 888 g/mol. The molecule has 1 aromatic heterocycles. The number of aromatic nitrogens is 3. The van der Waals surface area contributed by atoms with Crippen LogP contribution in [-0.2, 0) is 4.79 Å². The van der Waals surface area contributed by atoms with Gasteiger partial charge in [-0.05, 0) is 80.5 Å². The van der Waals surface area contributed by atoms with Crippen molar-refractivity contribution in [1.29, 1.82) is 0 Å². The maximum atomic E-state index is 11.9. The smallest absolute Gasteiger partial charge is 0.335 e. The lowest BCUT2D eigenvalue weighted by molar-refractivity contribution is -0.120. The highest BCUT2D eigenvalue weighted by atomic mass is 16.5. The Morgan fingerprint density at radius 3 is 1.26 bits per heavy atom. The van der Waals surface area contributed by atoms with Crippen LogP contribution in [0.2, 0.25) is 0 Å². The molecule has 10 aromatic rings. The Morgan fingerprint density at radius 2 is 0.826 bits per heavy atom. The molecule has 9 aromatic carbocycles. The normalized spacial score (nSPS) is 12.1. The number of hydrogen-bond donors (Lipinski definition) is 1. The fourth-order valence-electron chi connectivity index (χ4n) is 10.1. The molecule has 1 N–H and O–H groups in total. The van der Waals surface area contributed by atoms with Gasteiger partial charge in [0.1, 0.15) is 5.75 Å². The second-order valence-corrected chi connectivity index (χ2v) is 17.2. The molecule has 324 valence electrons. The van der Waals surface area contributed by atoms with Crippen LogP contribution in [-0.4, -0.2) is 45.9 Å². The number of fused-ring (bicyclic) bond motifs is 4. The molecule has 0 fully saturated rings. The van der Waals surface area contributed by atoms with Crippen LogP contribution in [0.4, 0.5) is 17.1 Å². The first-order valence-electron chi connectivity index (χ1n) is 22.8. The van der Waals surface area contributed by atoms with Crippen LogP contribution in [0, 0.1) is 0 Å². The highest BCUT2D eigenvalue weighted by molar-refractivity contribution is 7.02. The fourth-order valence-corrected chi connectivity index (χ4v) is 10.1. The minimum absolute atomic E-state index is 0.210. The van der Waals surface area contributed by atoms with E-state index in [0.717, 1.165) is 88.8 Å². The van der Waals surface area contributed by atoms with Gasteiger partial charge < -0.3 is 14.7 Å². The van der Waals surface area contributed by atoms with Crippen molar-refractivity contribution in [3.63, 3.8) is 0 Å². The first-order chi connectivity index (χ1) is 34.0. The predicted molar refractivity (Wildman–Crippen MR) is 278 cm³/mol. The number of rotatable bonds is 10. The number of nitrogens with zero attached hydrogens (tertiary/aromatic N) is 4. The van der Waals surface area contributed by atoms with Crippen LogP contribution in [0.15, 0.2) is 218 Å². The minimum atomic E-state index is -0.964. The molecule has 69 heavy (non-hydrogen) atoms. The quantitative estimate of drug-likeness (QED) is 0.108. The summed E-state index contributed by atoms with van der Waals surface area (Å²) >= 11 is 0. The van der Waals surface area contributed by atoms with Crippen LogP contribution in [0.1, 0.15) is 10.4 Å². The zero-order valence-corrected chi connectivity index (χ0v) is 37.0. The van der Waals surface area contributed by atoms with Crippen molar-refractivity contribution in [3.05, 3.63) is 224 Å². The molecular weight excluding hydrogens is 850 g/mol. The fraction of sp³-hybridized carbons (Fsp3) is 0. The molecule has 0 aliphatic carbocycles. The SMILES string of the molecule is O=COc1ccc(-c2ccc3c(c2)B(c2ccccc2)c2cc(-c4nc(-c5ccccc5)nc(-c5ccccc5)n4)cc4c2N3c2ccc(-c3ccc(C(=O)O)cc3)cc2B4c2ccccc2)cc1. The van der Waals surface area contributed by atoms with Gasteiger partial charge in [-0.15, -0.1) is 0 Å². The first kappa shape index (κ1) is 41.3. The van der Waals surface area contributed by atoms with Gasteiger partial charge in [0.25, 0.3) is 6.47 Å². The predicted octanol–water partition coefficient (Wildman–Crippen LogP) is 8.57. The second kappa shape index (κ2) is 17.3. The molecule has 10 heteroatoms. The van der Waals surface area contributed by atoms with Gasteiger partial charge in [0.05, 0.1) is 5.56 Å². The number of carbonyl (C=O) groups is 2. The third kappa shape index (κ3) is 7.45. The van der Waals surface area contributed by atoms with Gasteiger partial charge in [-0.3, -0.25) is 4.79 Å². The van der Waals surface area contributed by atoms with Gasteiger partial charge in [0.2, 0.25) is 13.4 Å². The van der Waals surface area contributed by atoms with E-state index in [0.29, 0.717) is 29.7 Å². The molecule has 0 saturated carbocycles. The van der Waals surface area contributed by atoms with Crippen molar-refractivity contribution < 1.29 is 19.4 Å². The van der Waals surface area contributed by atoms with E-state index in [1.54, 1.807) is 12.1 Å². The maximum Gasteiger partial charge on any atom is 0.335 e. The molecule has 12 rings (SSSR count). The van der Waals surface area contributed by atoms with E-state index in [1.165, 1.54) is 0 Å². The molecule has 0 spiro atoms. The molecule has 0 unspecified atom stereocenters. The average molecular weight is 889 g/mol. The summed E-state index contributed by atoms with van der Waals surface area (Å²) in [5.74, 6) is 1.23. The number of hydrogen-bond acceptors (Lipinski definition) is 7. The van der Waals surface area contributed by atoms with Gasteiger partial charge in [-0.25, -0.2) is 19.7 Å². The number of ether oxygens (including phenoxy) is 1. The number of carbonyl (C=O) groups excluding carboxylic acids is 1. The molecule has 0 amide bonds. The van der Waals surface area contributed by atoms with E-state index in [9.17, 15) is 14.7 Å². The van der Waals surface area contributed by atoms with Gasteiger partial charge in [-0.2, -0.15) is 0 Å². The standard InChI is InChI=1S/C59H38B2N4O4/c66-37-69-48-29-25-39(26-30-48)44-28-32-54-50(34-44)61(47-19-11-4-12-20-47)52-36-45(58-63-56(40-13-5-1-6-14-40)62-57(64-58)41-15-7-2-8-16-41)35-51-55(52)65(54)53-31-27-43(38-21-23-42(24-22-38)59(67)68)33-49(53)60(51)46-17-9-3-10-18-46/h1-37H,(H,67,68). The average Bonchev–Trinajstić information content (AvgIpc) is 3.41. The van der Waals surface area contributed by atoms with Gasteiger partial charge in [0.15, 0.2) is 17.5 Å². The molecule has 2 aliphatic heterocycles. The van der Waals surface area contributed by atoms with Crippen LogP contribution in [0.3, 0.4) is 0 Å². The molecule has 0 bridgehead atoms. The van der Waals surface area contributed by atoms with Gasteiger partial charge in [0, 0.05) is 33.8 Å². The van der Waals surface area contributed by atoms with Crippen molar-refractivity contribution in [2.24, 2.45) is 0 Å². The zero-order chi connectivity index (χ0) is 46.4. The Hall–Kier alpha value is -9.14. The molecule has 0 atom stereocenters. The van der Waals surface area contributed by atoms with Crippen LogP contribution >= 0.6 is 0 Å². The van der Waals surface area contributed by atoms with E-state index >= 15 is 0 Å². The highest BCUT2D eigenvalue weighted by Gasteiger charge is 2.44. The van der Waals surface area contributed by atoms with E-state index in [4.69, 9.17) is 19.7 Å². The van der Waals surface area contributed by atoms with E-state index in [1.807, 2.05) is 97.1 Å². The third-order valence-electron chi connectivity index (χ3n) is 13.2. The summed E-state index contributed by atoms with van der Waals surface area (Å²) < 4.78 is 5.16. The summed E-state index contributed by atoms with van der Waals surface area (Å²) in [5, 5.41) is 9.74. The number of aromatic carboxylic acids is 1. The third-order valence-corrected chi connectivity index (χ3v) is 13.2. The summed E-state index contributed by atoms with van der Waals surface area (Å²) in [7, 11) is 0. The Bertz CT molecular complexity index is 3520. The van der Waals surface area contributed by atoms with Crippen molar-refractivity contribution in [1.82, 2.24) is 15.0 Å². The van der Waals surface area contributed by atoms with Gasteiger partial charge >= 0.3 is 5.97 Å². The summed E-state index contributed by atoms with van der Waals surface area (Å²) in [6, 6.07) is 73.9. The summed E-state index contributed by atoms with van der Waals surface area (Å²) in [4.78, 5) is 41.1. The van der Waals surface area contributed by atoms with E-state index in [2.05, 4.69) is 114 Å². The lowest BCUT2D eigenvalue weighted by atomic mass is 9.30.